The first-order valence-corrected chi connectivity index (χ1v) is 9.16. The van der Waals surface area contributed by atoms with Crippen molar-refractivity contribution in [2.45, 2.75) is 31.8 Å². The lowest BCUT2D eigenvalue weighted by Crippen LogP contribution is -2.49. The second-order valence-electron chi connectivity index (χ2n) is 7.12. The third kappa shape index (κ3) is 3.70. The van der Waals surface area contributed by atoms with Gasteiger partial charge >= 0.3 is 0 Å². The SMILES string of the molecule is C[C@@H]1CN(C(=O)CN2CCC[C@H](c3nc4ccccc4o3)C2)CCO1. The molecule has 25 heavy (non-hydrogen) atoms. The fourth-order valence-corrected chi connectivity index (χ4v) is 3.80. The number of nitrogens with zero attached hydrogens (tertiary/aromatic N) is 3. The minimum atomic E-state index is 0.131. The quantitative estimate of drug-likeness (QED) is 0.855. The number of ether oxygens (including phenoxy) is 1. The molecule has 0 bridgehead atoms. The van der Waals surface area contributed by atoms with Crippen LogP contribution in [0.25, 0.3) is 11.1 Å². The summed E-state index contributed by atoms with van der Waals surface area (Å²) in [6, 6.07) is 7.87. The number of piperidine rings is 1. The molecule has 4 rings (SSSR count). The van der Waals surface area contributed by atoms with Crippen LogP contribution in [-0.4, -0.2) is 66.1 Å². The Hall–Kier alpha value is -1.92. The van der Waals surface area contributed by atoms with Gasteiger partial charge in [0.15, 0.2) is 11.5 Å². The zero-order valence-corrected chi connectivity index (χ0v) is 14.7. The Morgan fingerprint density at radius 1 is 1.28 bits per heavy atom. The number of hydrogen-bond acceptors (Lipinski definition) is 5. The molecular formula is C19H25N3O3. The van der Waals surface area contributed by atoms with E-state index < -0.39 is 0 Å². The fraction of sp³-hybridized carbons (Fsp3) is 0.579. The van der Waals surface area contributed by atoms with E-state index in [4.69, 9.17) is 9.15 Å². The van der Waals surface area contributed by atoms with Crippen LogP contribution < -0.4 is 0 Å². The number of carbonyl (C=O) groups excluding carboxylic acids is 1. The summed E-state index contributed by atoms with van der Waals surface area (Å²) < 4.78 is 11.5. The van der Waals surface area contributed by atoms with Crippen LogP contribution in [0.1, 0.15) is 31.6 Å². The summed E-state index contributed by atoms with van der Waals surface area (Å²) in [5.74, 6) is 1.27. The third-order valence-corrected chi connectivity index (χ3v) is 5.12. The zero-order chi connectivity index (χ0) is 17.2. The number of para-hydroxylation sites is 2. The molecule has 134 valence electrons. The minimum absolute atomic E-state index is 0.131. The lowest BCUT2D eigenvalue weighted by molar-refractivity contribution is -0.139. The van der Waals surface area contributed by atoms with Crippen molar-refractivity contribution in [3.05, 3.63) is 30.2 Å². The maximum Gasteiger partial charge on any atom is 0.236 e. The van der Waals surface area contributed by atoms with Crippen LogP contribution in [0.2, 0.25) is 0 Å². The van der Waals surface area contributed by atoms with E-state index in [1.807, 2.05) is 36.1 Å². The highest BCUT2D eigenvalue weighted by Crippen LogP contribution is 2.28. The van der Waals surface area contributed by atoms with Crippen molar-refractivity contribution in [2.24, 2.45) is 0 Å². The molecule has 0 N–H and O–H groups in total. The summed E-state index contributed by atoms with van der Waals surface area (Å²) in [7, 11) is 0. The van der Waals surface area contributed by atoms with Crippen LogP contribution in [0.4, 0.5) is 0 Å². The highest BCUT2D eigenvalue weighted by Gasteiger charge is 2.28. The summed E-state index contributed by atoms with van der Waals surface area (Å²) in [5.41, 5.74) is 1.75. The van der Waals surface area contributed by atoms with Gasteiger partial charge in [0.2, 0.25) is 5.91 Å². The maximum absolute atomic E-state index is 12.6. The van der Waals surface area contributed by atoms with E-state index in [0.29, 0.717) is 26.2 Å². The number of likely N-dealkylation sites (tertiary alicyclic amines) is 1. The Balaban J connectivity index is 1.39. The number of aromatic nitrogens is 1. The van der Waals surface area contributed by atoms with Gasteiger partial charge in [-0.15, -0.1) is 0 Å². The van der Waals surface area contributed by atoms with Crippen molar-refractivity contribution in [3.8, 4) is 0 Å². The Kier molecular flexibility index (Phi) is 4.72. The van der Waals surface area contributed by atoms with Gasteiger partial charge in [0.25, 0.3) is 0 Å². The molecule has 2 atom stereocenters. The lowest BCUT2D eigenvalue weighted by atomic mass is 9.98. The smallest absolute Gasteiger partial charge is 0.236 e. The van der Waals surface area contributed by atoms with Crippen molar-refractivity contribution in [2.75, 3.05) is 39.3 Å². The molecule has 2 aromatic rings. The van der Waals surface area contributed by atoms with Gasteiger partial charge in [-0.05, 0) is 38.4 Å². The molecule has 0 saturated carbocycles. The highest BCUT2D eigenvalue weighted by molar-refractivity contribution is 5.78. The first kappa shape index (κ1) is 16.5. The molecule has 1 amide bonds. The van der Waals surface area contributed by atoms with Gasteiger partial charge < -0.3 is 14.1 Å². The van der Waals surface area contributed by atoms with Gasteiger partial charge in [0.05, 0.1) is 19.3 Å². The van der Waals surface area contributed by atoms with Crippen LogP contribution in [-0.2, 0) is 9.53 Å². The predicted octanol–water partition coefficient (Wildman–Crippen LogP) is 2.25. The van der Waals surface area contributed by atoms with Crippen LogP contribution >= 0.6 is 0 Å². The normalized spacial score (nSPS) is 25.4. The topological polar surface area (TPSA) is 58.8 Å². The van der Waals surface area contributed by atoms with Crippen molar-refractivity contribution in [1.29, 1.82) is 0 Å². The zero-order valence-electron chi connectivity index (χ0n) is 14.7. The molecule has 1 aromatic carbocycles. The number of carbonyl (C=O) groups is 1. The van der Waals surface area contributed by atoms with E-state index in [1.165, 1.54) is 0 Å². The number of benzene rings is 1. The van der Waals surface area contributed by atoms with E-state index in [2.05, 4.69) is 9.88 Å². The molecular weight excluding hydrogens is 318 g/mol. The molecule has 0 aliphatic carbocycles. The minimum Gasteiger partial charge on any atom is -0.440 e. The van der Waals surface area contributed by atoms with Crippen LogP contribution in [0.15, 0.2) is 28.7 Å². The molecule has 6 nitrogen and oxygen atoms in total. The molecule has 6 heteroatoms. The summed E-state index contributed by atoms with van der Waals surface area (Å²) in [6.45, 7) is 6.32. The van der Waals surface area contributed by atoms with Crippen molar-refractivity contribution >= 4 is 17.0 Å². The van der Waals surface area contributed by atoms with Crippen LogP contribution in [0.3, 0.4) is 0 Å². The number of amides is 1. The number of oxazole rings is 1. The van der Waals surface area contributed by atoms with E-state index in [-0.39, 0.29) is 17.9 Å². The molecule has 1 aromatic heterocycles. The molecule has 2 aliphatic rings. The summed E-state index contributed by atoms with van der Waals surface area (Å²) in [6.07, 6.45) is 2.26. The van der Waals surface area contributed by atoms with Crippen molar-refractivity contribution in [3.63, 3.8) is 0 Å². The number of morpholine rings is 1. The molecule has 2 saturated heterocycles. The number of fused-ring (bicyclic) bond motifs is 1. The average Bonchev–Trinajstić information content (AvgIpc) is 3.06. The Morgan fingerprint density at radius 2 is 2.16 bits per heavy atom. The number of hydrogen-bond donors (Lipinski definition) is 0. The maximum atomic E-state index is 12.6. The molecule has 0 unspecified atom stereocenters. The van der Waals surface area contributed by atoms with Crippen molar-refractivity contribution in [1.82, 2.24) is 14.8 Å². The molecule has 0 radical (unpaired) electrons. The third-order valence-electron chi connectivity index (χ3n) is 5.12. The molecule has 3 heterocycles. The van der Waals surface area contributed by atoms with Gasteiger partial charge in [0, 0.05) is 25.6 Å². The van der Waals surface area contributed by atoms with Crippen LogP contribution in [0.5, 0.6) is 0 Å². The summed E-state index contributed by atoms with van der Waals surface area (Å²) in [5, 5.41) is 0. The van der Waals surface area contributed by atoms with E-state index in [9.17, 15) is 4.79 Å². The van der Waals surface area contributed by atoms with E-state index in [0.717, 1.165) is 42.9 Å². The van der Waals surface area contributed by atoms with Crippen LogP contribution in [0, 0.1) is 0 Å². The molecule has 0 spiro atoms. The van der Waals surface area contributed by atoms with Gasteiger partial charge in [0.1, 0.15) is 5.52 Å². The predicted molar refractivity (Wildman–Crippen MR) is 94.4 cm³/mol. The number of rotatable bonds is 3. The highest BCUT2D eigenvalue weighted by atomic mass is 16.5. The van der Waals surface area contributed by atoms with Gasteiger partial charge in [-0.3, -0.25) is 9.69 Å². The largest absolute Gasteiger partial charge is 0.440 e. The Morgan fingerprint density at radius 3 is 3.00 bits per heavy atom. The second-order valence-corrected chi connectivity index (χ2v) is 7.12. The summed E-state index contributed by atoms with van der Waals surface area (Å²) >= 11 is 0. The lowest BCUT2D eigenvalue weighted by Gasteiger charge is -2.35. The average molecular weight is 343 g/mol. The van der Waals surface area contributed by atoms with E-state index >= 15 is 0 Å². The fourth-order valence-electron chi connectivity index (χ4n) is 3.80. The van der Waals surface area contributed by atoms with Gasteiger partial charge in [-0.2, -0.15) is 0 Å². The monoisotopic (exact) mass is 343 g/mol. The standard InChI is InChI=1S/C19H25N3O3/c1-14-11-22(9-10-24-14)18(23)13-21-8-4-5-15(12-21)19-20-16-6-2-3-7-17(16)25-19/h2-3,6-7,14-15H,4-5,8-13H2,1H3/t14-,15+/m1/s1. The van der Waals surface area contributed by atoms with E-state index in [1.54, 1.807) is 0 Å². The van der Waals surface area contributed by atoms with Gasteiger partial charge in [-0.1, -0.05) is 12.1 Å². The van der Waals surface area contributed by atoms with Gasteiger partial charge in [-0.25, -0.2) is 4.98 Å². The molecule has 2 fully saturated rings. The second kappa shape index (κ2) is 7.14. The Bertz CT molecular complexity index is 711. The first-order valence-electron chi connectivity index (χ1n) is 9.16. The van der Waals surface area contributed by atoms with Crippen molar-refractivity contribution < 1.29 is 13.9 Å². The summed E-state index contributed by atoms with van der Waals surface area (Å²) in [4.78, 5) is 21.4. The first-order chi connectivity index (χ1) is 12.2. The molecule has 2 aliphatic heterocycles. The Labute approximate surface area is 147 Å².